The van der Waals surface area contributed by atoms with Gasteiger partial charge in [-0.3, -0.25) is 0 Å². The van der Waals surface area contributed by atoms with Crippen molar-refractivity contribution in [3.05, 3.63) is 112 Å². The maximum atomic E-state index is 9.35. The third-order valence-corrected chi connectivity index (χ3v) is 6.03. The summed E-state index contributed by atoms with van der Waals surface area (Å²) in [7, 11) is 0. The first kappa shape index (κ1) is 17.0. The van der Waals surface area contributed by atoms with Crippen molar-refractivity contribution in [2.45, 2.75) is 12.0 Å². The van der Waals surface area contributed by atoms with Gasteiger partial charge in [-0.1, -0.05) is 64.5 Å². The topological polar surface area (TPSA) is 41.6 Å². The lowest BCUT2D eigenvalue weighted by Crippen LogP contribution is -2.35. The van der Waals surface area contributed by atoms with E-state index in [1.165, 1.54) is 11.1 Å². The third kappa shape index (κ3) is 2.44. The van der Waals surface area contributed by atoms with Crippen LogP contribution in [0.25, 0.3) is 11.4 Å². The maximum Gasteiger partial charge on any atom is 0.141 e. The Kier molecular flexibility index (Phi) is 3.92. The fraction of sp³-hybridized carbons (Fsp3) is 0.0833. The van der Waals surface area contributed by atoms with E-state index in [-0.39, 0.29) is 0 Å². The van der Waals surface area contributed by atoms with Crippen molar-refractivity contribution in [2.24, 2.45) is 0 Å². The maximum absolute atomic E-state index is 9.35. The molecule has 4 heteroatoms. The van der Waals surface area contributed by atoms with Gasteiger partial charge in [0.15, 0.2) is 0 Å². The van der Waals surface area contributed by atoms with E-state index in [0.29, 0.717) is 5.56 Å². The van der Waals surface area contributed by atoms with Gasteiger partial charge in [0.2, 0.25) is 0 Å². The van der Waals surface area contributed by atoms with Gasteiger partial charge in [-0.2, -0.15) is 5.26 Å². The highest BCUT2D eigenvalue weighted by atomic mass is 79.9. The van der Waals surface area contributed by atoms with Crippen LogP contribution in [0.4, 0.5) is 0 Å². The zero-order valence-corrected chi connectivity index (χ0v) is 16.6. The van der Waals surface area contributed by atoms with Crippen LogP contribution in [0, 0.1) is 11.3 Å². The Morgan fingerprint density at radius 3 is 2.64 bits per heavy atom. The second kappa shape index (κ2) is 6.47. The Morgan fingerprint density at radius 1 is 1.00 bits per heavy atom. The highest BCUT2D eigenvalue weighted by molar-refractivity contribution is 9.10. The van der Waals surface area contributed by atoms with Crippen molar-refractivity contribution in [1.29, 1.82) is 5.26 Å². The summed E-state index contributed by atoms with van der Waals surface area (Å²) in [6, 6.07) is 27.1. The summed E-state index contributed by atoms with van der Waals surface area (Å²) in [4.78, 5) is 4.65. The minimum Gasteiger partial charge on any atom is -0.316 e. The van der Waals surface area contributed by atoms with Crippen LogP contribution in [0.1, 0.15) is 22.3 Å². The lowest BCUT2D eigenvalue weighted by molar-refractivity contribution is 0.450. The fourth-order valence-corrected chi connectivity index (χ4v) is 4.59. The minimum absolute atomic E-state index is 0.406. The second-order valence-electron chi connectivity index (χ2n) is 7.02. The number of hydrogen-bond acceptors (Lipinski definition) is 2. The summed E-state index contributed by atoms with van der Waals surface area (Å²) in [6.45, 7) is 0. The monoisotopic (exact) mass is 425 g/mol. The zero-order chi connectivity index (χ0) is 19.1. The molecule has 1 aromatic heterocycles. The van der Waals surface area contributed by atoms with Crippen LogP contribution in [-0.4, -0.2) is 9.55 Å². The van der Waals surface area contributed by atoms with Gasteiger partial charge in [0.05, 0.1) is 11.6 Å². The van der Waals surface area contributed by atoms with Gasteiger partial charge in [-0.25, -0.2) is 4.98 Å². The number of hydrogen-bond donors (Lipinski definition) is 0. The van der Waals surface area contributed by atoms with Crippen molar-refractivity contribution in [1.82, 2.24) is 9.55 Å². The molecule has 1 aliphatic heterocycles. The molecule has 3 aromatic carbocycles. The molecule has 1 aliphatic rings. The number of imidazole rings is 1. The lowest BCUT2D eigenvalue weighted by atomic mass is 9.78. The Bertz CT molecular complexity index is 1220. The van der Waals surface area contributed by atoms with E-state index in [2.05, 4.69) is 92.3 Å². The molecule has 5 rings (SSSR count). The molecule has 0 fully saturated rings. The molecule has 3 nitrogen and oxygen atoms in total. The first-order chi connectivity index (χ1) is 13.7. The molecule has 0 saturated heterocycles. The van der Waals surface area contributed by atoms with E-state index in [1.54, 1.807) is 0 Å². The highest BCUT2D eigenvalue weighted by Crippen LogP contribution is 2.48. The molecule has 2 heterocycles. The molecule has 0 saturated carbocycles. The summed E-state index contributed by atoms with van der Waals surface area (Å²) < 4.78 is 3.33. The number of rotatable bonds is 3. The largest absolute Gasteiger partial charge is 0.316 e. The fourth-order valence-electron chi connectivity index (χ4n) is 4.33. The van der Waals surface area contributed by atoms with Gasteiger partial charge in [0.1, 0.15) is 11.4 Å². The highest BCUT2D eigenvalue weighted by Gasteiger charge is 2.44. The molecule has 1 unspecified atom stereocenters. The minimum atomic E-state index is -0.406. The first-order valence-electron chi connectivity index (χ1n) is 9.11. The Balaban J connectivity index is 1.80. The average molecular weight is 426 g/mol. The second-order valence-corrected chi connectivity index (χ2v) is 7.94. The van der Waals surface area contributed by atoms with Gasteiger partial charge in [0.25, 0.3) is 0 Å². The molecular formula is C24H16BrN3. The van der Waals surface area contributed by atoms with Crippen LogP contribution in [0.2, 0.25) is 0 Å². The molecule has 1 atom stereocenters. The predicted molar refractivity (Wildman–Crippen MR) is 113 cm³/mol. The van der Waals surface area contributed by atoms with E-state index < -0.39 is 5.54 Å². The number of fused-ring (bicyclic) bond motifs is 3. The summed E-state index contributed by atoms with van der Waals surface area (Å²) in [5, 5.41) is 9.35. The Labute approximate surface area is 172 Å². The molecule has 0 bridgehead atoms. The molecular weight excluding hydrogens is 410 g/mol. The normalized spacial score (nSPS) is 17.0. The quantitative estimate of drug-likeness (QED) is 0.432. The number of nitriles is 1. The summed E-state index contributed by atoms with van der Waals surface area (Å²) >= 11 is 3.56. The molecule has 0 radical (unpaired) electrons. The molecule has 0 aliphatic carbocycles. The van der Waals surface area contributed by atoms with Gasteiger partial charge in [-0.15, -0.1) is 0 Å². The molecule has 4 aromatic rings. The average Bonchev–Trinajstić information content (AvgIpc) is 3.31. The smallest absolute Gasteiger partial charge is 0.141 e. The Hall–Kier alpha value is -3.16. The molecule has 0 amide bonds. The van der Waals surface area contributed by atoms with Crippen LogP contribution < -0.4 is 0 Å². The van der Waals surface area contributed by atoms with Crippen molar-refractivity contribution in [3.63, 3.8) is 0 Å². The van der Waals surface area contributed by atoms with E-state index in [4.69, 9.17) is 0 Å². The molecule has 0 N–H and O–H groups in total. The van der Waals surface area contributed by atoms with Crippen molar-refractivity contribution >= 4 is 15.9 Å². The van der Waals surface area contributed by atoms with Crippen LogP contribution in [-0.2, 0) is 12.0 Å². The first-order valence-corrected chi connectivity index (χ1v) is 9.90. The third-order valence-electron chi connectivity index (χ3n) is 5.50. The van der Waals surface area contributed by atoms with Gasteiger partial charge < -0.3 is 4.57 Å². The number of benzene rings is 3. The van der Waals surface area contributed by atoms with Gasteiger partial charge in [-0.05, 0) is 41.0 Å². The standard InChI is InChI=1S/C24H16BrN3/c25-20-10-8-19(9-11-20)24(15-17-4-3-5-18(14-17)16-26)22-7-2-1-6-21(22)23-27-12-13-28(23)24/h1-14H,15H2. The summed E-state index contributed by atoms with van der Waals surface area (Å²) in [5.74, 6) is 0.981. The van der Waals surface area contributed by atoms with Crippen molar-refractivity contribution in [3.8, 4) is 17.5 Å². The number of nitrogens with zero attached hydrogens (tertiary/aromatic N) is 3. The van der Waals surface area contributed by atoms with E-state index in [1.807, 2.05) is 24.4 Å². The van der Waals surface area contributed by atoms with Crippen molar-refractivity contribution < 1.29 is 0 Å². The zero-order valence-electron chi connectivity index (χ0n) is 15.0. The van der Waals surface area contributed by atoms with E-state index >= 15 is 0 Å². The molecule has 134 valence electrons. The van der Waals surface area contributed by atoms with Gasteiger partial charge in [0, 0.05) is 28.9 Å². The van der Waals surface area contributed by atoms with Crippen molar-refractivity contribution in [2.75, 3.05) is 0 Å². The molecule has 0 spiro atoms. The molecule has 28 heavy (non-hydrogen) atoms. The predicted octanol–water partition coefficient (Wildman–Crippen LogP) is 5.53. The summed E-state index contributed by atoms with van der Waals surface area (Å²) in [5.41, 5.74) is 4.99. The van der Waals surface area contributed by atoms with Crippen LogP contribution in [0.5, 0.6) is 0 Å². The Morgan fingerprint density at radius 2 is 1.82 bits per heavy atom. The number of halogens is 1. The van der Waals surface area contributed by atoms with E-state index in [9.17, 15) is 5.26 Å². The van der Waals surface area contributed by atoms with E-state index in [0.717, 1.165) is 27.8 Å². The summed E-state index contributed by atoms with van der Waals surface area (Å²) in [6.07, 6.45) is 4.67. The van der Waals surface area contributed by atoms with Gasteiger partial charge >= 0.3 is 0 Å². The SMILES string of the molecule is N#Cc1cccc(CC2(c3ccc(Br)cc3)c3ccccc3-c3nccn32)c1. The van der Waals surface area contributed by atoms with Crippen LogP contribution in [0.15, 0.2) is 89.7 Å². The lowest BCUT2D eigenvalue weighted by Gasteiger charge is -2.34. The van der Waals surface area contributed by atoms with Crippen LogP contribution >= 0.6 is 15.9 Å². The van der Waals surface area contributed by atoms with Crippen LogP contribution in [0.3, 0.4) is 0 Å². The number of aromatic nitrogens is 2.